The fourth-order valence-electron chi connectivity index (χ4n) is 3.47. The third-order valence-corrected chi connectivity index (χ3v) is 6.28. The number of aromatic nitrogens is 2. The van der Waals surface area contributed by atoms with Gasteiger partial charge >= 0.3 is 0 Å². The Morgan fingerprint density at radius 3 is 2.50 bits per heavy atom. The van der Waals surface area contributed by atoms with Crippen molar-refractivity contribution in [2.75, 3.05) is 65.0 Å². The first kappa shape index (κ1) is 24.4. The van der Waals surface area contributed by atoms with Crippen LogP contribution in [-0.2, 0) is 21.8 Å². The number of benzene rings is 1. The van der Waals surface area contributed by atoms with E-state index in [1.807, 2.05) is 30.3 Å². The minimum absolute atomic E-state index is 0.0929. The number of hydrogen-bond acceptors (Lipinski definition) is 8. The van der Waals surface area contributed by atoms with Gasteiger partial charge < -0.3 is 24.6 Å². The summed E-state index contributed by atoms with van der Waals surface area (Å²) in [6.07, 6.45) is 0. The number of piperazine rings is 1. The molecule has 0 atom stereocenters. The summed E-state index contributed by atoms with van der Waals surface area (Å²) in [5.41, 5.74) is 2.64. The van der Waals surface area contributed by atoms with Gasteiger partial charge in [0, 0.05) is 64.3 Å². The van der Waals surface area contributed by atoms with Crippen LogP contribution in [0.3, 0.4) is 0 Å². The van der Waals surface area contributed by atoms with E-state index in [2.05, 4.69) is 27.0 Å². The molecule has 3 rings (SSSR count). The molecule has 9 heteroatoms. The average Bonchev–Trinajstić information content (AvgIpc) is 2.83. The molecule has 0 saturated carbocycles. The van der Waals surface area contributed by atoms with E-state index in [-0.39, 0.29) is 5.91 Å². The molecule has 0 unspecified atom stereocenters. The molecule has 1 N–H and O–H groups in total. The topological polar surface area (TPSA) is 79.8 Å². The molecular weight excluding hydrogens is 426 g/mol. The van der Waals surface area contributed by atoms with Gasteiger partial charge in [-0.3, -0.25) is 4.79 Å². The molecule has 174 valence electrons. The molecular formula is C23H33N5O3S. The Bertz CT molecular complexity index is 857. The predicted octanol–water partition coefficient (Wildman–Crippen LogP) is 2.43. The van der Waals surface area contributed by atoms with Crippen molar-refractivity contribution in [2.45, 2.75) is 24.4 Å². The maximum absolute atomic E-state index is 12.1. The van der Waals surface area contributed by atoms with E-state index < -0.39 is 0 Å². The van der Waals surface area contributed by atoms with E-state index in [1.165, 1.54) is 0 Å². The molecule has 0 bridgehead atoms. The molecule has 1 aliphatic rings. The standard InChI is InChI=1S/C23H33N5O3S/c1-4-27-10-12-28(13-11-27)21-15-20(16-31-3)25-23(26-21)32-17-18-5-7-19(8-6-18)22(29)24-9-14-30-2/h5-8,15H,4,9-14,16-17H2,1-3H3,(H,24,29). The molecule has 1 amide bonds. The zero-order valence-electron chi connectivity index (χ0n) is 19.2. The zero-order chi connectivity index (χ0) is 22.8. The summed E-state index contributed by atoms with van der Waals surface area (Å²) in [7, 11) is 3.30. The van der Waals surface area contributed by atoms with Gasteiger partial charge in [0.1, 0.15) is 5.82 Å². The molecule has 1 aliphatic heterocycles. The van der Waals surface area contributed by atoms with Crippen molar-refractivity contribution in [1.82, 2.24) is 20.2 Å². The lowest BCUT2D eigenvalue weighted by Gasteiger charge is -2.34. The number of carbonyl (C=O) groups excluding carboxylic acids is 1. The molecule has 32 heavy (non-hydrogen) atoms. The SMILES string of the molecule is CCN1CCN(c2cc(COC)nc(SCc3ccc(C(=O)NCCOC)cc3)n2)CC1. The third kappa shape index (κ3) is 7.16. The first-order valence-electron chi connectivity index (χ1n) is 11.0. The molecule has 0 aliphatic carbocycles. The molecule has 2 heterocycles. The number of anilines is 1. The van der Waals surface area contributed by atoms with Crippen LogP contribution in [0.15, 0.2) is 35.5 Å². The quantitative estimate of drug-likeness (QED) is 0.312. The van der Waals surface area contributed by atoms with Crippen molar-refractivity contribution >= 4 is 23.5 Å². The lowest BCUT2D eigenvalue weighted by molar-refractivity contribution is 0.0937. The summed E-state index contributed by atoms with van der Waals surface area (Å²) < 4.78 is 10.3. The highest BCUT2D eigenvalue weighted by Gasteiger charge is 2.18. The van der Waals surface area contributed by atoms with Crippen LogP contribution < -0.4 is 10.2 Å². The number of methoxy groups -OCH3 is 2. The number of hydrogen-bond donors (Lipinski definition) is 1. The van der Waals surface area contributed by atoms with Gasteiger partial charge in [0.25, 0.3) is 5.91 Å². The summed E-state index contributed by atoms with van der Waals surface area (Å²) in [5.74, 6) is 1.60. The summed E-state index contributed by atoms with van der Waals surface area (Å²) in [4.78, 5) is 26.4. The van der Waals surface area contributed by atoms with E-state index in [0.717, 1.165) is 60.7 Å². The van der Waals surface area contributed by atoms with Crippen LogP contribution in [0.2, 0.25) is 0 Å². The average molecular weight is 460 g/mol. The minimum Gasteiger partial charge on any atom is -0.383 e. The number of ether oxygens (including phenoxy) is 2. The van der Waals surface area contributed by atoms with Crippen LogP contribution in [0.4, 0.5) is 5.82 Å². The van der Waals surface area contributed by atoms with E-state index >= 15 is 0 Å². The fourth-order valence-corrected chi connectivity index (χ4v) is 4.30. The number of amides is 1. The van der Waals surface area contributed by atoms with Crippen molar-refractivity contribution in [3.63, 3.8) is 0 Å². The monoisotopic (exact) mass is 459 g/mol. The van der Waals surface area contributed by atoms with Crippen LogP contribution in [0.1, 0.15) is 28.5 Å². The second kappa shape index (κ2) is 12.7. The molecule has 1 fully saturated rings. The first-order chi connectivity index (χ1) is 15.6. The number of nitrogens with one attached hydrogen (secondary N) is 1. The smallest absolute Gasteiger partial charge is 0.251 e. The highest BCUT2D eigenvalue weighted by molar-refractivity contribution is 7.98. The number of likely N-dealkylation sites (N-methyl/N-ethyl adjacent to an activating group) is 1. The Kier molecular flexibility index (Phi) is 9.73. The zero-order valence-corrected chi connectivity index (χ0v) is 20.0. The Morgan fingerprint density at radius 2 is 1.84 bits per heavy atom. The highest BCUT2D eigenvalue weighted by atomic mass is 32.2. The molecule has 2 aromatic rings. The number of thioether (sulfide) groups is 1. The van der Waals surface area contributed by atoms with E-state index in [0.29, 0.717) is 25.3 Å². The lowest BCUT2D eigenvalue weighted by atomic mass is 10.1. The van der Waals surface area contributed by atoms with Crippen LogP contribution in [0.5, 0.6) is 0 Å². The minimum atomic E-state index is -0.0929. The second-order valence-electron chi connectivity index (χ2n) is 7.59. The summed E-state index contributed by atoms with van der Waals surface area (Å²) >= 11 is 1.60. The number of rotatable bonds is 11. The van der Waals surface area contributed by atoms with E-state index in [1.54, 1.807) is 26.0 Å². The molecule has 0 radical (unpaired) electrons. The Hall–Kier alpha value is -2.20. The van der Waals surface area contributed by atoms with Gasteiger partial charge in [-0.2, -0.15) is 0 Å². The van der Waals surface area contributed by atoms with Gasteiger partial charge in [-0.1, -0.05) is 30.8 Å². The summed E-state index contributed by atoms with van der Waals surface area (Å²) in [6.45, 7) is 8.78. The van der Waals surface area contributed by atoms with Crippen molar-refractivity contribution in [3.05, 3.63) is 47.2 Å². The molecule has 1 aromatic carbocycles. The van der Waals surface area contributed by atoms with Gasteiger partial charge in [-0.25, -0.2) is 9.97 Å². The summed E-state index contributed by atoms with van der Waals surface area (Å²) in [5, 5.41) is 3.57. The maximum atomic E-state index is 12.1. The van der Waals surface area contributed by atoms with Gasteiger partial charge in [-0.15, -0.1) is 0 Å². The number of carbonyl (C=O) groups is 1. The third-order valence-electron chi connectivity index (χ3n) is 5.36. The molecule has 1 aromatic heterocycles. The van der Waals surface area contributed by atoms with Gasteiger partial charge in [0.15, 0.2) is 5.16 Å². The normalized spacial score (nSPS) is 14.5. The van der Waals surface area contributed by atoms with Crippen LogP contribution in [0, 0.1) is 0 Å². The van der Waals surface area contributed by atoms with Crippen molar-refractivity contribution < 1.29 is 14.3 Å². The van der Waals surface area contributed by atoms with Gasteiger partial charge in [-0.05, 0) is 24.2 Å². The molecule has 8 nitrogen and oxygen atoms in total. The first-order valence-corrected chi connectivity index (χ1v) is 11.9. The van der Waals surface area contributed by atoms with Gasteiger partial charge in [0.05, 0.1) is 18.9 Å². The summed E-state index contributed by atoms with van der Waals surface area (Å²) in [6, 6.07) is 9.67. The van der Waals surface area contributed by atoms with Crippen molar-refractivity contribution in [1.29, 1.82) is 0 Å². The van der Waals surface area contributed by atoms with Crippen LogP contribution >= 0.6 is 11.8 Å². The Balaban J connectivity index is 1.62. The van der Waals surface area contributed by atoms with E-state index in [4.69, 9.17) is 14.5 Å². The van der Waals surface area contributed by atoms with Crippen LogP contribution in [-0.4, -0.2) is 80.9 Å². The van der Waals surface area contributed by atoms with Gasteiger partial charge in [0.2, 0.25) is 0 Å². The second-order valence-corrected chi connectivity index (χ2v) is 8.53. The largest absolute Gasteiger partial charge is 0.383 e. The fraction of sp³-hybridized carbons (Fsp3) is 0.522. The Labute approximate surface area is 194 Å². The van der Waals surface area contributed by atoms with Crippen LogP contribution in [0.25, 0.3) is 0 Å². The van der Waals surface area contributed by atoms with Crippen molar-refractivity contribution in [3.8, 4) is 0 Å². The molecule has 0 spiro atoms. The highest BCUT2D eigenvalue weighted by Crippen LogP contribution is 2.24. The van der Waals surface area contributed by atoms with Crippen molar-refractivity contribution in [2.24, 2.45) is 0 Å². The molecule has 1 saturated heterocycles. The predicted molar refractivity (Wildman–Crippen MR) is 127 cm³/mol. The lowest BCUT2D eigenvalue weighted by Crippen LogP contribution is -2.46. The Morgan fingerprint density at radius 1 is 1.09 bits per heavy atom. The number of nitrogens with zero attached hydrogens (tertiary/aromatic N) is 4. The maximum Gasteiger partial charge on any atom is 0.251 e. The van der Waals surface area contributed by atoms with E-state index in [9.17, 15) is 4.79 Å².